The van der Waals surface area contributed by atoms with E-state index < -0.39 is 0 Å². The van der Waals surface area contributed by atoms with Crippen molar-refractivity contribution in [1.29, 1.82) is 0 Å². The average Bonchev–Trinajstić information content (AvgIpc) is 0.748. The quantitative estimate of drug-likeness (QED) is 0.0419. The average molecular weight is 1740 g/mol. The van der Waals surface area contributed by atoms with Crippen molar-refractivity contribution in [2.75, 3.05) is 9.80 Å². The van der Waals surface area contributed by atoms with E-state index in [-0.39, 0.29) is 21.7 Å². The number of unbranched alkanes of at least 4 members (excludes halogenated alkanes) is 12. The molecule has 0 N–H and O–H groups in total. The summed E-state index contributed by atoms with van der Waals surface area (Å²) >= 11 is 0. The Morgan fingerprint density at radius 1 is 0.189 bits per heavy atom. The van der Waals surface area contributed by atoms with Crippen LogP contribution in [0.3, 0.4) is 0 Å². The minimum absolute atomic E-state index is 0.0498. The van der Waals surface area contributed by atoms with Gasteiger partial charge < -0.3 is 19.3 Å². The number of hydrogen-bond donors (Lipinski definition) is 0. The van der Waals surface area contributed by atoms with E-state index in [2.05, 4.69) is 427 Å². The first kappa shape index (κ1) is 94.9. The van der Waals surface area contributed by atoms with Crippen LogP contribution in [0, 0.1) is 27.7 Å². The second kappa shape index (κ2) is 41.6. The molecule has 0 unspecified atom stereocenters. The zero-order valence-corrected chi connectivity index (χ0v) is 83.4. The van der Waals surface area contributed by atoms with Gasteiger partial charge >= 0.3 is 0 Å². The molecule has 0 aliphatic carbocycles. The zero-order valence-electron chi connectivity index (χ0n) is 83.4. The number of nitrogens with zero attached hydrogens (tertiary/aromatic N) is 2. The van der Waals surface area contributed by atoms with Crippen molar-refractivity contribution >= 4 is 34.1 Å². The molecule has 2 aliphatic heterocycles. The van der Waals surface area contributed by atoms with Crippen LogP contribution in [-0.2, 0) is 47.3 Å². The third kappa shape index (κ3) is 23.3. The van der Waals surface area contributed by atoms with Crippen molar-refractivity contribution in [2.45, 2.75) is 289 Å². The van der Waals surface area contributed by atoms with E-state index in [0.29, 0.717) is 0 Å². The molecule has 2 aliphatic rings. The molecule has 0 atom stereocenters. The topological polar surface area (TPSA) is 24.9 Å². The predicted molar refractivity (Wildman–Crippen MR) is 571 cm³/mol. The van der Waals surface area contributed by atoms with Crippen LogP contribution < -0.4 is 19.3 Å². The van der Waals surface area contributed by atoms with Crippen molar-refractivity contribution in [3.8, 4) is 112 Å². The highest BCUT2D eigenvalue weighted by atomic mass is 16.5. The van der Waals surface area contributed by atoms with E-state index in [0.717, 1.165) is 110 Å². The number of anilines is 6. The van der Waals surface area contributed by atoms with Gasteiger partial charge in [-0.3, -0.25) is 0 Å². The molecule has 0 aromatic heterocycles. The third-order valence-electron chi connectivity index (χ3n) is 27.1. The molecule has 0 amide bonds. The van der Waals surface area contributed by atoms with Gasteiger partial charge in [0.1, 0.15) is 0 Å². The van der Waals surface area contributed by atoms with E-state index in [1.54, 1.807) is 0 Å². The zero-order chi connectivity index (χ0) is 93.2. The van der Waals surface area contributed by atoms with Gasteiger partial charge in [-0.1, -0.05) is 346 Å². The van der Waals surface area contributed by atoms with Crippen LogP contribution in [0.5, 0.6) is 23.0 Å². The van der Waals surface area contributed by atoms with Crippen LogP contribution in [0.15, 0.2) is 279 Å². The van der Waals surface area contributed by atoms with Crippen molar-refractivity contribution < 1.29 is 9.47 Å². The summed E-state index contributed by atoms with van der Waals surface area (Å²) in [5.41, 5.74) is 41.9. The first-order chi connectivity index (χ1) is 63.3. The fraction of sp³-hybridized carbons (Fsp3) is 0.344. The first-order valence-electron chi connectivity index (χ1n) is 50.0. The minimum atomic E-state index is 0.0498. The van der Waals surface area contributed by atoms with E-state index in [9.17, 15) is 0 Å². The maximum Gasteiger partial charge on any atom is 0.151 e. The van der Waals surface area contributed by atoms with E-state index >= 15 is 0 Å². The van der Waals surface area contributed by atoms with Crippen LogP contribution in [0.1, 0.15) is 280 Å². The Morgan fingerprint density at radius 3 is 0.576 bits per heavy atom. The van der Waals surface area contributed by atoms with Gasteiger partial charge in [-0.25, -0.2) is 0 Å². The third-order valence-corrected chi connectivity index (χ3v) is 27.1. The lowest BCUT2D eigenvalue weighted by Crippen LogP contribution is -2.16. The van der Waals surface area contributed by atoms with Gasteiger partial charge in [0.2, 0.25) is 0 Å². The molecule has 0 saturated heterocycles. The van der Waals surface area contributed by atoms with E-state index in [1.807, 2.05) is 0 Å². The second-order valence-electron chi connectivity index (χ2n) is 42.5. The van der Waals surface area contributed by atoms with Crippen LogP contribution in [0.4, 0.5) is 34.1 Å². The highest BCUT2D eigenvalue weighted by molar-refractivity contribution is 5.95. The molecule has 16 rings (SSSR count). The number of benzene rings is 14. The molecule has 0 radical (unpaired) electrons. The number of fused-ring (bicyclic) bond motifs is 4. The molecule has 680 valence electrons. The SMILES string of the molecule is CCCCCCc1cc(CCCCCC)cc(-c2cc(-c3cc(CCCCCC)cc(CCCCCC)c3)cc(N3c4ccc(C)cc4Oc4cc(C)ccc43)c2)c1.Cc1ccc2c(c1)Oc1cc(C)ccc1N2c1cc(-c2cc(-c3ccc(C(C)(C)C)cc3)cc(-c3ccc(C(C)(C)C)cc3)c2)cc(-c2cc(-c3ccc(C(C)(C)C)cc3)cc(-c3ccc(C(C)(C)C)cc3)c2)c1. The molecule has 0 spiro atoms. The molecule has 0 fully saturated rings. The highest BCUT2D eigenvalue weighted by Gasteiger charge is 2.31. The van der Waals surface area contributed by atoms with Gasteiger partial charge in [-0.2, -0.15) is 0 Å². The lowest BCUT2D eigenvalue weighted by molar-refractivity contribution is 0.476. The van der Waals surface area contributed by atoms with Crippen LogP contribution in [0.25, 0.3) is 89.0 Å². The van der Waals surface area contributed by atoms with Crippen molar-refractivity contribution in [3.63, 3.8) is 0 Å². The summed E-state index contributed by atoms with van der Waals surface area (Å²) in [4.78, 5) is 4.86. The molecule has 4 nitrogen and oxygen atoms in total. The largest absolute Gasteiger partial charge is 0.453 e. The number of aryl methyl sites for hydroxylation is 8. The van der Waals surface area contributed by atoms with Gasteiger partial charge in [0.25, 0.3) is 0 Å². The van der Waals surface area contributed by atoms with E-state index in [1.165, 1.54) is 231 Å². The normalized spacial score (nSPS) is 12.5. The summed E-state index contributed by atoms with van der Waals surface area (Å²) < 4.78 is 13.4. The van der Waals surface area contributed by atoms with Crippen molar-refractivity contribution in [1.82, 2.24) is 0 Å². The molecular formula is C128H146N2O2. The van der Waals surface area contributed by atoms with Crippen LogP contribution in [-0.4, -0.2) is 0 Å². The molecule has 0 saturated carbocycles. The summed E-state index contributed by atoms with van der Waals surface area (Å²) in [7, 11) is 0. The van der Waals surface area contributed by atoms with Gasteiger partial charge in [0.15, 0.2) is 23.0 Å². The molecular weight excluding hydrogens is 1600 g/mol. The summed E-state index contributed by atoms with van der Waals surface area (Å²) in [6.07, 6.45) is 25.1. The van der Waals surface area contributed by atoms with Gasteiger partial charge in [0, 0.05) is 11.4 Å². The van der Waals surface area contributed by atoms with Crippen LogP contribution >= 0.6 is 0 Å². The molecule has 14 aromatic rings. The summed E-state index contributed by atoms with van der Waals surface area (Å²) in [6.45, 7) is 45.2. The molecule has 132 heavy (non-hydrogen) atoms. The fourth-order valence-corrected chi connectivity index (χ4v) is 19.1. The number of ether oxygens (including phenoxy) is 2. The lowest BCUT2D eigenvalue weighted by atomic mass is 9.84. The highest BCUT2D eigenvalue weighted by Crippen LogP contribution is 2.55. The summed E-state index contributed by atoms with van der Waals surface area (Å²) in [5.74, 6) is 3.52. The van der Waals surface area contributed by atoms with Gasteiger partial charge in [0.05, 0.1) is 22.7 Å². The smallest absolute Gasteiger partial charge is 0.151 e. The second-order valence-corrected chi connectivity index (χ2v) is 42.5. The Bertz CT molecular complexity index is 5740. The molecule has 14 aromatic carbocycles. The van der Waals surface area contributed by atoms with Crippen molar-refractivity contribution in [3.05, 3.63) is 346 Å². The first-order valence-corrected chi connectivity index (χ1v) is 50.0. The number of hydrogen-bond acceptors (Lipinski definition) is 4. The summed E-state index contributed by atoms with van der Waals surface area (Å²) in [5, 5.41) is 0. The minimum Gasteiger partial charge on any atom is -0.453 e. The molecule has 2 heterocycles. The fourth-order valence-electron chi connectivity index (χ4n) is 19.1. The Morgan fingerprint density at radius 2 is 0.379 bits per heavy atom. The predicted octanol–water partition coefficient (Wildman–Crippen LogP) is 38.8. The van der Waals surface area contributed by atoms with Crippen molar-refractivity contribution in [2.24, 2.45) is 0 Å². The Hall–Kier alpha value is -11.7. The maximum atomic E-state index is 6.75. The van der Waals surface area contributed by atoms with Gasteiger partial charge in [-0.05, 0) is 378 Å². The van der Waals surface area contributed by atoms with E-state index in [4.69, 9.17) is 9.47 Å². The van der Waals surface area contributed by atoms with Crippen LogP contribution in [0.2, 0.25) is 0 Å². The monoisotopic (exact) mass is 1740 g/mol. The maximum absolute atomic E-state index is 6.75. The lowest BCUT2D eigenvalue weighted by Gasteiger charge is -2.34. The molecule has 4 heteroatoms. The Labute approximate surface area is 794 Å². The molecule has 0 bridgehead atoms. The van der Waals surface area contributed by atoms with Gasteiger partial charge in [-0.15, -0.1) is 0 Å². The standard InChI is InChI=1S/C72H73NO.C56H73NO/c1-46-15-33-65-67(35-46)74-68-36-47(2)16-34-66(68)73(65)64-44-58(56-39-52(48-17-25-60(26-18-48)69(3,4)5)37-53(40-56)49-19-27-61(28-20-49)70(6,7)8)43-59(45-64)57-41-54(50-21-29-62(30-22-50)71(9,10)11)38-55(42-57)51-23-31-63(32-24-51)72(12,13)14;1-7-11-15-19-23-44-33-45(24-20-16-12-8-2)36-48(35-44)50-39-51(49-37-46(25-21-17-13-9-3)34-47(38-49)26-22-18-14-10-4)41-52(40-50)57-53-29-27-42(5)31-55(53)58-56-32-43(6)28-30-54(56)57/h15-45H,1-14H3;27-41H,7-26H2,1-6H3. The number of rotatable bonds is 30. The Balaban J connectivity index is 0.000000208. The Kier molecular flexibility index (Phi) is 29.9. The summed E-state index contributed by atoms with van der Waals surface area (Å²) in [6, 6.07) is 107.